The molecule has 0 saturated carbocycles. The quantitative estimate of drug-likeness (QED) is 0.773. The summed E-state index contributed by atoms with van der Waals surface area (Å²) in [6, 6.07) is 8.21. The van der Waals surface area contributed by atoms with Gasteiger partial charge >= 0.3 is 0 Å². The fraction of sp³-hybridized carbons (Fsp3) is 0.588. The van der Waals surface area contributed by atoms with Gasteiger partial charge < -0.3 is 15.3 Å². The van der Waals surface area contributed by atoms with Crippen LogP contribution in [0.5, 0.6) is 0 Å². The fourth-order valence-corrected chi connectivity index (χ4v) is 2.22. The number of aliphatic hydroxyl groups is 1. The van der Waals surface area contributed by atoms with Crippen molar-refractivity contribution in [2.45, 2.75) is 45.1 Å². The standard InChI is InChI=1S/C17H28N2O2/c1-5-12-17(2,21)13-18-16(20)11-8-14-6-9-15(10-7-14)19(3)4/h6-7,9-10,21H,5,8,11-13H2,1-4H3,(H,18,20). The average Bonchev–Trinajstić information content (AvgIpc) is 2.43. The second kappa shape index (κ2) is 8.03. The molecule has 4 nitrogen and oxygen atoms in total. The molecule has 1 aromatic carbocycles. The highest BCUT2D eigenvalue weighted by Gasteiger charge is 2.19. The van der Waals surface area contributed by atoms with E-state index in [0.29, 0.717) is 19.4 Å². The second-order valence-corrected chi connectivity index (χ2v) is 6.08. The molecule has 0 aliphatic heterocycles. The predicted molar refractivity (Wildman–Crippen MR) is 87.6 cm³/mol. The van der Waals surface area contributed by atoms with Crippen LogP contribution in [-0.4, -0.2) is 37.3 Å². The molecule has 0 spiro atoms. The van der Waals surface area contributed by atoms with Crippen molar-refractivity contribution in [1.29, 1.82) is 0 Å². The SMILES string of the molecule is CCCC(C)(O)CNC(=O)CCc1ccc(N(C)C)cc1. The van der Waals surface area contributed by atoms with E-state index in [1.54, 1.807) is 6.92 Å². The maximum atomic E-state index is 11.8. The minimum absolute atomic E-state index is 0.0111. The van der Waals surface area contributed by atoms with Crippen LogP contribution in [0, 0.1) is 0 Å². The van der Waals surface area contributed by atoms with Gasteiger partial charge in [0.25, 0.3) is 0 Å². The van der Waals surface area contributed by atoms with Gasteiger partial charge in [-0.05, 0) is 37.5 Å². The van der Waals surface area contributed by atoms with Crippen molar-refractivity contribution in [3.63, 3.8) is 0 Å². The number of hydrogen-bond donors (Lipinski definition) is 2. The zero-order chi connectivity index (χ0) is 15.9. The molecule has 1 unspecified atom stereocenters. The molecule has 1 atom stereocenters. The Labute approximate surface area is 128 Å². The minimum Gasteiger partial charge on any atom is -0.388 e. The Balaban J connectivity index is 2.36. The van der Waals surface area contributed by atoms with Gasteiger partial charge in [-0.25, -0.2) is 0 Å². The largest absolute Gasteiger partial charge is 0.388 e. The van der Waals surface area contributed by atoms with Crippen LogP contribution in [0.3, 0.4) is 0 Å². The van der Waals surface area contributed by atoms with Crippen LogP contribution in [0.25, 0.3) is 0 Å². The lowest BCUT2D eigenvalue weighted by Gasteiger charge is -2.22. The number of aryl methyl sites for hydroxylation is 1. The second-order valence-electron chi connectivity index (χ2n) is 6.08. The van der Waals surface area contributed by atoms with Crippen LogP contribution in [0.15, 0.2) is 24.3 Å². The topological polar surface area (TPSA) is 52.6 Å². The lowest BCUT2D eigenvalue weighted by Crippen LogP contribution is -2.40. The first kappa shape index (κ1) is 17.5. The van der Waals surface area contributed by atoms with E-state index < -0.39 is 5.60 Å². The monoisotopic (exact) mass is 292 g/mol. The smallest absolute Gasteiger partial charge is 0.220 e. The third kappa shape index (κ3) is 6.63. The van der Waals surface area contributed by atoms with E-state index in [1.807, 2.05) is 25.9 Å². The van der Waals surface area contributed by atoms with E-state index in [2.05, 4.69) is 29.6 Å². The summed E-state index contributed by atoms with van der Waals surface area (Å²) < 4.78 is 0. The average molecular weight is 292 g/mol. The molecular formula is C17H28N2O2. The molecule has 0 radical (unpaired) electrons. The molecule has 0 bridgehead atoms. The molecule has 0 heterocycles. The van der Waals surface area contributed by atoms with Gasteiger partial charge in [0.05, 0.1) is 5.60 Å². The molecule has 0 aliphatic rings. The van der Waals surface area contributed by atoms with Gasteiger partial charge in [-0.2, -0.15) is 0 Å². The maximum absolute atomic E-state index is 11.8. The molecule has 2 N–H and O–H groups in total. The van der Waals surface area contributed by atoms with E-state index in [-0.39, 0.29) is 5.91 Å². The molecule has 4 heteroatoms. The normalized spacial score (nSPS) is 13.6. The third-order valence-electron chi connectivity index (χ3n) is 3.55. The van der Waals surface area contributed by atoms with Crippen molar-refractivity contribution in [3.8, 4) is 0 Å². The lowest BCUT2D eigenvalue weighted by molar-refractivity contribution is -0.122. The first-order valence-corrected chi connectivity index (χ1v) is 7.59. The molecule has 21 heavy (non-hydrogen) atoms. The number of nitrogens with one attached hydrogen (secondary N) is 1. The Hall–Kier alpha value is -1.55. The number of nitrogens with zero attached hydrogens (tertiary/aromatic N) is 1. The number of carbonyl (C=O) groups is 1. The maximum Gasteiger partial charge on any atom is 0.220 e. The van der Waals surface area contributed by atoms with E-state index in [4.69, 9.17) is 0 Å². The van der Waals surface area contributed by atoms with E-state index in [1.165, 1.54) is 0 Å². The van der Waals surface area contributed by atoms with Crippen molar-refractivity contribution >= 4 is 11.6 Å². The van der Waals surface area contributed by atoms with Gasteiger partial charge in [-0.1, -0.05) is 25.5 Å². The third-order valence-corrected chi connectivity index (χ3v) is 3.55. The molecule has 0 saturated heterocycles. The highest BCUT2D eigenvalue weighted by Crippen LogP contribution is 2.13. The van der Waals surface area contributed by atoms with Crippen LogP contribution in [0.2, 0.25) is 0 Å². The number of amides is 1. The molecule has 118 valence electrons. The summed E-state index contributed by atoms with van der Waals surface area (Å²) in [6.07, 6.45) is 2.76. The van der Waals surface area contributed by atoms with Gasteiger partial charge in [-0.3, -0.25) is 4.79 Å². The summed E-state index contributed by atoms with van der Waals surface area (Å²) in [7, 11) is 4.01. The minimum atomic E-state index is -0.808. The molecule has 0 fully saturated rings. The Kier molecular flexibility index (Phi) is 6.69. The van der Waals surface area contributed by atoms with Gasteiger partial charge in [0.1, 0.15) is 0 Å². The van der Waals surface area contributed by atoms with Crippen LogP contribution in [0.4, 0.5) is 5.69 Å². The zero-order valence-corrected chi connectivity index (χ0v) is 13.6. The van der Waals surface area contributed by atoms with E-state index in [0.717, 1.165) is 24.1 Å². The lowest BCUT2D eigenvalue weighted by atomic mass is 10.0. The van der Waals surface area contributed by atoms with Gasteiger partial charge in [0, 0.05) is 32.7 Å². The molecule has 0 aliphatic carbocycles. The number of rotatable bonds is 8. The van der Waals surface area contributed by atoms with Gasteiger partial charge in [0.2, 0.25) is 5.91 Å². The first-order chi connectivity index (χ1) is 9.84. The van der Waals surface area contributed by atoms with Crippen molar-refractivity contribution in [1.82, 2.24) is 5.32 Å². The van der Waals surface area contributed by atoms with Crippen LogP contribution >= 0.6 is 0 Å². The molecular weight excluding hydrogens is 264 g/mol. The number of hydrogen-bond acceptors (Lipinski definition) is 3. The van der Waals surface area contributed by atoms with Crippen LogP contribution < -0.4 is 10.2 Å². The van der Waals surface area contributed by atoms with Gasteiger partial charge in [-0.15, -0.1) is 0 Å². The summed E-state index contributed by atoms with van der Waals surface area (Å²) in [5, 5.41) is 12.8. The summed E-state index contributed by atoms with van der Waals surface area (Å²) in [5.74, 6) is -0.0111. The van der Waals surface area contributed by atoms with E-state index in [9.17, 15) is 9.90 Å². The molecule has 1 amide bonds. The highest BCUT2D eigenvalue weighted by atomic mass is 16.3. The predicted octanol–water partition coefficient (Wildman–Crippen LogP) is 2.35. The molecule has 1 aromatic rings. The van der Waals surface area contributed by atoms with Crippen molar-refractivity contribution < 1.29 is 9.90 Å². The van der Waals surface area contributed by atoms with Crippen molar-refractivity contribution in [3.05, 3.63) is 29.8 Å². The molecule has 0 aromatic heterocycles. The van der Waals surface area contributed by atoms with E-state index >= 15 is 0 Å². The zero-order valence-electron chi connectivity index (χ0n) is 13.6. The summed E-state index contributed by atoms with van der Waals surface area (Å²) in [4.78, 5) is 13.9. The Bertz CT molecular complexity index is 439. The highest BCUT2D eigenvalue weighted by molar-refractivity contribution is 5.76. The first-order valence-electron chi connectivity index (χ1n) is 7.59. The Morgan fingerprint density at radius 3 is 2.43 bits per heavy atom. The fourth-order valence-electron chi connectivity index (χ4n) is 2.22. The number of carbonyl (C=O) groups excluding carboxylic acids is 1. The van der Waals surface area contributed by atoms with Gasteiger partial charge in [0.15, 0.2) is 0 Å². The van der Waals surface area contributed by atoms with Crippen molar-refractivity contribution in [2.75, 3.05) is 25.5 Å². The molecule has 1 rings (SSSR count). The van der Waals surface area contributed by atoms with Crippen molar-refractivity contribution in [2.24, 2.45) is 0 Å². The number of benzene rings is 1. The Morgan fingerprint density at radius 2 is 1.90 bits per heavy atom. The Morgan fingerprint density at radius 1 is 1.29 bits per heavy atom. The van der Waals surface area contributed by atoms with Crippen LogP contribution in [-0.2, 0) is 11.2 Å². The summed E-state index contributed by atoms with van der Waals surface area (Å²) in [6.45, 7) is 4.10. The summed E-state index contributed by atoms with van der Waals surface area (Å²) >= 11 is 0. The number of anilines is 1. The summed E-state index contributed by atoms with van der Waals surface area (Å²) in [5.41, 5.74) is 1.49. The van der Waals surface area contributed by atoms with Crippen LogP contribution in [0.1, 0.15) is 38.7 Å².